The van der Waals surface area contributed by atoms with Gasteiger partial charge in [-0.3, -0.25) is 9.69 Å². The summed E-state index contributed by atoms with van der Waals surface area (Å²) in [5.41, 5.74) is 0.0888. The van der Waals surface area contributed by atoms with E-state index < -0.39 is 5.60 Å². The first kappa shape index (κ1) is 22.1. The second kappa shape index (κ2) is 9.94. The summed E-state index contributed by atoms with van der Waals surface area (Å²) in [6.45, 7) is 10.8. The number of nitrogens with one attached hydrogen (secondary N) is 1. The van der Waals surface area contributed by atoms with Gasteiger partial charge in [-0.05, 0) is 67.7 Å². The molecule has 0 aromatic heterocycles. The molecule has 1 saturated heterocycles. The van der Waals surface area contributed by atoms with Gasteiger partial charge in [0.05, 0.1) is 0 Å². The van der Waals surface area contributed by atoms with Gasteiger partial charge in [0.15, 0.2) is 0 Å². The number of nitrogens with zero attached hydrogens (tertiary/aromatic N) is 1. The lowest BCUT2D eigenvalue weighted by molar-refractivity contribution is -0.143. The van der Waals surface area contributed by atoms with Crippen molar-refractivity contribution in [2.24, 2.45) is 17.8 Å². The topological polar surface area (TPSA) is 50.8 Å². The quantitative estimate of drug-likeness (QED) is 0.725. The molecule has 1 aliphatic carbocycles. The van der Waals surface area contributed by atoms with E-state index in [1.807, 2.05) is 24.3 Å². The number of hydrogen-bond acceptors (Lipinski definition) is 4. The number of carbonyl (C=O) groups excluding carboxylic acids is 1. The molecule has 0 spiro atoms. The first-order chi connectivity index (χ1) is 13.9. The molecule has 1 aliphatic heterocycles. The van der Waals surface area contributed by atoms with Gasteiger partial charge in [-0.1, -0.05) is 27.2 Å². The number of anilines is 1. The van der Waals surface area contributed by atoms with E-state index in [4.69, 9.17) is 9.47 Å². The van der Waals surface area contributed by atoms with Gasteiger partial charge in [-0.15, -0.1) is 0 Å². The van der Waals surface area contributed by atoms with Crippen molar-refractivity contribution < 1.29 is 14.3 Å². The maximum atomic E-state index is 12.9. The van der Waals surface area contributed by atoms with Crippen LogP contribution in [0, 0.1) is 17.8 Å². The summed E-state index contributed by atoms with van der Waals surface area (Å²) >= 11 is 0. The zero-order valence-corrected chi connectivity index (χ0v) is 18.6. The Labute approximate surface area is 176 Å². The van der Waals surface area contributed by atoms with E-state index >= 15 is 0 Å². The van der Waals surface area contributed by atoms with Gasteiger partial charge in [0, 0.05) is 32.4 Å². The fourth-order valence-corrected chi connectivity index (χ4v) is 5.13. The second-order valence-electron chi connectivity index (χ2n) is 9.43. The molecule has 0 radical (unpaired) electrons. The molecule has 29 heavy (non-hydrogen) atoms. The van der Waals surface area contributed by atoms with E-state index in [0.29, 0.717) is 12.5 Å². The van der Waals surface area contributed by atoms with Crippen LogP contribution < -0.4 is 10.1 Å². The predicted molar refractivity (Wildman–Crippen MR) is 117 cm³/mol. The van der Waals surface area contributed by atoms with Crippen molar-refractivity contribution in [3.63, 3.8) is 0 Å². The lowest BCUT2D eigenvalue weighted by atomic mass is 9.78. The fraction of sp³-hybridized carbons (Fsp3) is 0.708. The highest BCUT2D eigenvalue weighted by Gasteiger charge is 2.42. The highest BCUT2D eigenvalue weighted by atomic mass is 16.5. The zero-order valence-electron chi connectivity index (χ0n) is 18.6. The molecule has 5 heteroatoms. The Morgan fingerprint density at radius 3 is 2.45 bits per heavy atom. The first-order valence-corrected chi connectivity index (χ1v) is 11.2. The van der Waals surface area contributed by atoms with Crippen molar-refractivity contribution in [1.82, 2.24) is 4.90 Å². The molecular weight excluding hydrogens is 364 g/mol. The van der Waals surface area contributed by atoms with Gasteiger partial charge >= 0.3 is 0 Å². The van der Waals surface area contributed by atoms with Crippen molar-refractivity contribution in [1.29, 1.82) is 0 Å². The molecule has 162 valence electrons. The Balaban J connectivity index is 1.48. The Hall–Kier alpha value is -1.59. The summed E-state index contributed by atoms with van der Waals surface area (Å²) < 4.78 is 11.6. The van der Waals surface area contributed by atoms with Crippen LogP contribution >= 0.6 is 0 Å². The maximum Gasteiger partial charge on any atom is 0.256 e. The minimum Gasteiger partial charge on any atom is -0.492 e. The number of piperidine rings is 1. The SMILES string of the molecule is CO[C@]1(C(=O)Nc2ccc(OCCN3C[C@H](C)C[C@@H](C)C3)cc2)CCC[C@@H](C)C1. The molecule has 1 aromatic rings. The summed E-state index contributed by atoms with van der Waals surface area (Å²) in [7, 11) is 1.65. The van der Waals surface area contributed by atoms with E-state index in [1.54, 1.807) is 7.11 Å². The predicted octanol–water partition coefficient (Wildman–Crippen LogP) is 4.58. The van der Waals surface area contributed by atoms with E-state index in [9.17, 15) is 4.79 Å². The van der Waals surface area contributed by atoms with Crippen LogP contribution in [0.3, 0.4) is 0 Å². The van der Waals surface area contributed by atoms with Gasteiger partial charge in [0.1, 0.15) is 18.0 Å². The van der Waals surface area contributed by atoms with Crippen LogP contribution in [0.1, 0.15) is 52.9 Å². The highest BCUT2D eigenvalue weighted by Crippen LogP contribution is 2.35. The number of methoxy groups -OCH3 is 1. The first-order valence-electron chi connectivity index (χ1n) is 11.2. The van der Waals surface area contributed by atoms with Crippen molar-refractivity contribution in [2.75, 3.05) is 38.7 Å². The third kappa shape index (κ3) is 5.95. The van der Waals surface area contributed by atoms with Crippen LogP contribution in [0.15, 0.2) is 24.3 Å². The lowest BCUT2D eigenvalue weighted by Crippen LogP contribution is -2.47. The molecule has 3 rings (SSSR count). The Bertz CT molecular complexity index is 653. The molecular formula is C24H38N2O3. The molecule has 5 nitrogen and oxygen atoms in total. The van der Waals surface area contributed by atoms with Gasteiger partial charge in [-0.2, -0.15) is 0 Å². The van der Waals surface area contributed by atoms with Crippen molar-refractivity contribution >= 4 is 11.6 Å². The Morgan fingerprint density at radius 2 is 1.83 bits per heavy atom. The smallest absolute Gasteiger partial charge is 0.256 e. The summed E-state index contributed by atoms with van der Waals surface area (Å²) in [5, 5.41) is 3.04. The molecule has 1 aromatic carbocycles. The average molecular weight is 403 g/mol. The molecule has 1 saturated carbocycles. The van der Waals surface area contributed by atoms with Crippen LogP contribution in [-0.2, 0) is 9.53 Å². The largest absolute Gasteiger partial charge is 0.492 e. The molecule has 0 bridgehead atoms. The number of hydrogen-bond donors (Lipinski definition) is 1. The Morgan fingerprint density at radius 1 is 1.14 bits per heavy atom. The van der Waals surface area contributed by atoms with E-state index in [1.165, 1.54) is 25.9 Å². The number of likely N-dealkylation sites (tertiary alicyclic amines) is 1. The molecule has 1 N–H and O–H groups in total. The number of carbonyl (C=O) groups is 1. The van der Waals surface area contributed by atoms with E-state index in [-0.39, 0.29) is 5.91 Å². The second-order valence-corrected chi connectivity index (χ2v) is 9.43. The number of ether oxygens (including phenoxy) is 2. The van der Waals surface area contributed by atoms with E-state index in [0.717, 1.165) is 49.1 Å². The molecule has 1 amide bonds. The third-order valence-corrected chi connectivity index (χ3v) is 6.49. The number of rotatable bonds is 7. The number of amides is 1. The molecule has 1 heterocycles. The lowest BCUT2D eigenvalue weighted by Gasteiger charge is -2.37. The van der Waals surface area contributed by atoms with Crippen LogP contribution in [0.2, 0.25) is 0 Å². The fourth-order valence-electron chi connectivity index (χ4n) is 5.13. The normalized spacial score (nSPS) is 30.7. The molecule has 0 unspecified atom stereocenters. The van der Waals surface area contributed by atoms with Crippen LogP contribution in [0.5, 0.6) is 5.75 Å². The minimum absolute atomic E-state index is 0.0337. The maximum absolute atomic E-state index is 12.9. The zero-order chi connectivity index (χ0) is 20.9. The monoisotopic (exact) mass is 402 g/mol. The summed E-state index contributed by atoms with van der Waals surface area (Å²) in [6.07, 6.45) is 5.09. The number of benzene rings is 1. The third-order valence-electron chi connectivity index (χ3n) is 6.49. The summed E-state index contributed by atoms with van der Waals surface area (Å²) in [6, 6.07) is 7.68. The van der Waals surface area contributed by atoms with Crippen LogP contribution in [0.25, 0.3) is 0 Å². The van der Waals surface area contributed by atoms with Crippen LogP contribution in [-0.4, -0.2) is 49.8 Å². The highest BCUT2D eigenvalue weighted by molar-refractivity contribution is 5.97. The summed E-state index contributed by atoms with van der Waals surface area (Å²) in [5.74, 6) is 2.85. The standard InChI is InChI=1S/C24H38N2O3/c1-18-6-5-11-24(15-18,28-4)23(27)25-21-7-9-22(10-8-21)29-13-12-26-16-19(2)14-20(3)17-26/h7-10,18-20H,5-6,11-17H2,1-4H3,(H,25,27)/t18-,19-,20-,24-/m1/s1. The van der Waals surface area contributed by atoms with Gasteiger partial charge in [0.25, 0.3) is 5.91 Å². The molecule has 4 atom stereocenters. The Kier molecular flexibility index (Phi) is 7.58. The van der Waals surface area contributed by atoms with Crippen molar-refractivity contribution in [3.05, 3.63) is 24.3 Å². The minimum atomic E-state index is -0.699. The van der Waals surface area contributed by atoms with Crippen molar-refractivity contribution in [3.8, 4) is 5.75 Å². The van der Waals surface area contributed by atoms with Crippen LogP contribution in [0.4, 0.5) is 5.69 Å². The average Bonchev–Trinajstić information content (AvgIpc) is 2.68. The summed E-state index contributed by atoms with van der Waals surface area (Å²) in [4.78, 5) is 15.4. The molecule has 2 aliphatic rings. The molecule has 2 fully saturated rings. The van der Waals surface area contributed by atoms with Gasteiger partial charge in [0.2, 0.25) is 0 Å². The van der Waals surface area contributed by atoms with E-state index in [2.05, 4.69) is 31.0 Å². The van der Waals surface area contributed by atoms with Gasteiger partial charge < -0.3 is 14.8 Å². The van der Waals surface area contributed by atoms with Crippen molar-refractivity contribution in [2.45, 2.75) is 58.5 Å². The van der Waals surface area contributed by atoms with Gasteiger partial charge in [-0.25, -0.2) is 0 Å².